The Morgan fingerprint density at radius 2 is 1.70 bits per heavy atom. The van der Waals surface area contributed by atoms with Gasteiger partial charge in [0.05, 0.1) is 12.5 Å². The summed E-state index contributed by atoms with van der Waals surface area (Å²) >= 11 is 0. The van der Waals surface area contributed by atoms with E-state index in [1.54, 1.807) is 7.11 Å². The van der Waals surface area contributed by atoms with Crippen LogP contribution in [-0.4, -0.2) is 20.7 Å². The van der Waals surface area contributed by atoms with E-state index >= 15 is 0 Å². The molecule has 4 heteroatoms. The molecule has 0 saturated carbocycles. The van der Waals surface area contributed by atoms with E-state index in [2.05, 4.69) is 11.4 Å². The molecule has 0 spiro atoms. The topological polar surface area (TPSA) is 47.5 Å². The molecule has 0 bridgehead atoms. The highest BCUT2D eigenvalue weighted by molar-refractivity contribution is 6.04. The van der Waals surface area contributed by atoms with E-state index in [0.29, 0.717) is 0 Å². The van der Waals surface area contributed by atoms with Crippen LogP contribution in [-0.2, 0) is 6.42 Å². The van der Waals surface area contributed by atoms with E-state index in [-0.39, 0.29) is 0 Å². The minimum Gasteiger partial charge on any atom is -0.492 e. The van der Waals surface area contributed by atoms with Gasteiger partial charge in [-0.05, 0) is 46.0 Å². The third kappa shape index (κ3) is 1.88. The van der Waals surface area contributed by atoms with Gasteiger partial charge in [0, 0.05) is 10.9 Å². The van der Waals surface area contributed by atoms with Crippen LogP contribution in [0.2, 0.25) is 0 Å². The highest BCUT2D eigenvalue weighted by Gasteiger charge is 2.20. The largest absolute Gasteiger partial charge is 0.492 e. The molecule has 0 atom stereocenters. The summed E-state index contributed by atoms with van der Waals surface area (Å²) in [6.45, 7) is 4.79. The molecule has 3 aromatic rings. The van der Waals surface area contributed by atoms with Crippen molar-refractivity contribution >= 4 is 21.9 Å². The lowest BCUT2D eigenvalue weighted by Crippen LogP contribution is -2.10. The first-order valence-electron chi connectivity index (χ1n) is 6.79. The number of methoxy groups -OCH3 is 1. The Morgan fingerprint density at radius 3 is 2.35 bits per heavy atom. The van der Waals surface area contributed by atoms with Crippen molar-refractivity contribution < 1.29 is 13.6 Å². The lowest BCUT2D eigenvalue weighted by Gasteiger charge is -2.08. The summed E-state index contributed by atoms with van der Waals surface area (Å²) in [5.41, 5.74) is 2.89. The van der Waals surface area contributed by atoms with E-state index in [4.69, 9.17) is 13.6 Å². The van der Waals surface area contributed by atoms with Gasteiger partial charge in [-0.3, -0.25) is 0 Å². The highest BCUT2D eigenvalue weighted by atomic mass is 16.5. The smallest absolute Gasteiger partial charge is 0.177 e. The standard InChI is InChI=1S/C16H19NO3/c1-9-7-12-11(5-6-17-3)14-13(8-10(2)19-14)15(18-4)16(12)20-9/h7-8,17H,5-6H2,1-4H3. The lowest BCUT2D eigenvalue weighted by atomic mass is 10.0. The summed E-state index contributed by atoms with van der Waals surface area (Å²) in [5, 5.41) is 5.25. The third-order valence-corrected chi connectivity index (χ3v) is 3.59. The minimum absolute atomic E-state index is 0.758. The number of ether oxygens (including phenoxy) is 1. The molecule has 3 rings (SSSR count). The molecule has 4 nitrogen and oxygen atoms in total. The number of likely N-dealkylation sites (N-methyl/N-ethyl adjacent to an activating group) is 1. The number of furan rings is 2. The molecular weight excluding hydrogens is 254 g/mol. The van der Waals surface area contributed by atoms with Gasteiger partial charge < -0.3 is 18.9 Å². The maximum Gasteiger partial charge on any atom is 0.177 e. The SMILES string of the molecule is CNCCc1c2cc(C)oc2c(OC)c2cc(C)oc12. The average Bonchev–Trinajstić information content (AvgIpc) is 2.96. The molecule has 0 aliphatic carbocycles. The fraction of sp³-hybridized carbons (Fsp3) is 0.375. The normalized spacial score (nSPS) is 11.6. The summed E-state index contributed by atoms with van der Waals surface area (Å²) in [6, 6.07) is 4.06. The molecule has 0 fully saturated rings. The number of hydrogen-bond acceptors (Lipinski definition) is 4. The van der Waals surface area contributed by atoms with E-state index < -0.39 is 0 Å². The van der Waals surface area contributed by atoms with E-state index in [9.17, 15) is 0 Å². The van der Waals surface area contributed by atoms with E-state index in [0.717, 1.165) is 52.2 Å². The first-order valence-corrected chi connectivity index (χ1v) is 6.79. The van der Waals surface area contributed by atoms with Crippen LogP contribution in [0.1, 0.15) is 17.1 Å². The van der Waals surface area contributed by atoms with Crippen LogP contribution in [0.15, 0.2) is 21.0 Å². The van der Waals surface area contributed by atoms with Crippen molar-refractivity contribution in [1.29, 1.82) is 0 Å². The van der Waals surface area contributed by atoms with Crippen molar-refractivity contribution in [3.8, 4) is 5.75 Å². The zero-order valence-corrected chi connectivity index (χ0v) is 12.3. The Kier molecular flexibility index (Phi) is 3.18. The quantitative estimate of drug-likeness (QED) is 0.789. The summed E-state index contributed by atoms with van der Waals surface area (Å²) in [4.78, 5) is 0. The molecule has 0 saturated heterocycles. The van der Waals surface area contributed by atoms with Crippen molar-refractivity contribution in [3.05, 3.63) is 29.2 Å². The van der Waals surface area contributed by atoms with Gasteiger partial charge in [-0.1, -0.05) is 0 Å². The molecule has 0 radical (unpaired) electrons. The number of rotatable bonds is 4. The monoisotopic (exact) mass is 273 g/mol. The van der Waals surface area contributed by atoms with Gasteiger partial charge in [-0.25, -0.2) is 0 Å². The maximum atomic E-state index is 5.91. The van der Waals surface area contributed by atoms with Crippen molar-refractivity contribution in [1.82, 2.24) is 5.32 Å². The summed E-state index contributed by atoms with van der Waals surface area (Å²) in [7, 11) is 3.62. The molecular formula is C16H19NO3. The molecule has 0 aliphatic heterocycles. The highest BCUT2D eigenvalue weighted by Crippen LogP contribution is 2.41. The Balaban J connectivity index is 2.41. The van der Waals surface area contributed by atoms with Gasteiger partial charge in [0.25, 0.3) is 0 Å². The Bertz CT molecular complexity index is 709. The second kappa shape index (κ2) is 4.87. The second-order valence-corrected chi connectivity index (χ2v) is 5.07. The van der Waals surface area contributed by atoms with Gasteiger partial charge in [0.2, 0.25) is 0 Å². The molecule has 2 aromatic heterocycles. The Hall–Kier alpha value is -1.94. The van der Waals surface area contributed by atoms with Gasteiger partial charge in [-0.2, -0.15) is 0 Å². The van der Waals surface area contributed by atoms with Crippen LogP contribution in [0.4, 0.5) is 0 Å². The van der Waals surface area contributed by atoms with E-state index in [1.807, 2.05) is 27.0 Å². The van der Waals surface area contributed by atoms with Crippen molar-refractivity contribution in [3.63, 3.8) is 0 Å². The molecule has 1 aromatic carbocycles. The van der Waals surface area contributed by atoms with Crippen LogP contribution < -0.4 is 10.1 Å². The predicted molar refractivity (Wildman–Crippen MR) is 79.6 cm³/mol. The zero-order valence-electron chi connectivity index (χ0n) is 12.3. The summed E-state index contributed by atoms with van der Waals surface area (Å²) < 4.78 is 17.3. The molecule has 0 unspecified atom stereocenters. The van der Waals surface area contributed by atoms with Crippen LogP contribution in [0.5, 0.6) is 5.75 Å². The van der Waals surface area contributed by atoms with Crippen molar-refractivity contribution in [2.45, 2.75) is 20.3 Å². The molecule has 0 aliphatic rings. The fourth-order valence-electron chi connectivity index (χ4n) is 2.76. The number of benzene rings is 1. The average molecular weight is 273 g/mol. The molecule has 106 valence electrons. The van der Waals surface area contributed by atoms with Crippen LogP contribution in [0.25, 0.3) is 21.9 Å². The first kappa shape index (κ1) is 13.1. The molecule has 0 amide bonds. The molecule has 20 heavy (non-hydrogen) atoms. The number of nitrogens with one attached hydrogen (secondary N) is 1. The summed E-state index contributed by atoms with van der Waals surface area (Å²) in [6.07, 6.45) is 0.888. The summed E-state index contributed by atoms with van der Waals surface area (Å²) in [5.74, 6) is 2.52. The number of aryl methyl sites for hydroxylation is 2. The number of fused-ring (bicyclic) bond motifs is 2. The second-order valence-electron chi connectivity index (χ2n) is 5.07. The lowest BCUT2D eigenvalue weighted by molar-refractivity contribution is 0.413. The van der Waals surface area contributed by atoms with Gasteiger partial charge >= 0.3 is 0 Å². The number of hydrogen-bond donors (Lipinski definition) is 1. The first-order chi connectivity index (χ1) is 9.65. The molecule has 2 heterocycles. The molecule has 1 N–H and O–H groups in total. The van der Waals surface area contributed by atoms with Crippen molar-refractivity contribution in [2.75, 3.05) is 20.7 Å². The van der Waals surface area contributed by atoms with Gasteiger partial charge in [-0.15, -0.1) is 0 Å². The van der Waals surface area contributed by atoms with Crippen LogP contribution in [0, 0.1) is 13.8 Å². The minimum atomic E-state index is 0.758. The van der Waals surface area contributed by atoms with Crippen LogP contribution >= 0.6 is 0 Å². The van der Waals surface area contributed by atoms with Crippen molar-refractivity contribution in [2.24, 2.45) is 0 Å². The Morgan fingerprint density at radius 1 is 1.05 bits per heavy atom. The van der Waals surface area contributed by atoms with Gasteiger partial charge in [0.15, 0.2) is 11.3 Å². The van der Waals surface area contributed by atoms with Crippen LogP contribution in [0.3, 0.4) is 0 Å². The third-order valence-electron chi connectivity index (χ3n) is 3.59. The zero-order chi connectivity index (χ0) is 14.3. The fourth-order valence-corrected chi connectivity index (χ4v) is 2.76. The maximum absolute atomic E-state index is 5.91. The van der Waals surface area contributed by atoms with E-state index in [1.165, 1.54) is 5.56 Å². The predicted octanol–water partition coefficient (Wildman–Crippen LogP) is 3.57. The Labute approximate surface area is 117 Å². The van der Waals surface area contributed by atoms with Gasteiger partial charge in [0.1, 0.15) is 17.1 Å².